The predicted molar refractivity (Wildman–Crippen MR) is 152 cm³/mol. The number of nitriles is 1. The Balaban J connectivity index is 1.37. The largest absolute Gasteiger partial charge is 0.416 e. The van der Waals surface area contributed by atoms with Crippen molar-refractivity contribution in [2.45, 2.75) is 39.0 Å². The Labute approximate surface area is 241 Å². The zero-order chi connectivity index (χ0) is 29.6. The van der Waals surface area contributed by atoms with Crippen LogP contribution in [0.3, 0.4) is 0 Å². The van der Waals surface area contributed by atoms with E-state index in [-0.39, 0.29) is 17.7 Å². The number of fused-ring (bicyclic) bond motifs is 1. The van der Waals surface area contributed by atoms with Gasteiger partial charge in [-0.1, -0.05) is 25.1 Å². The van der Waals surface area contributed by atoms with Crippen molar-refractivity contribution < 1.29 is 18.0 Å². The zero-order valence-corrected chi connectivity index (χ0v) is 23.3. The lowest BCUT2D eigenvalue weighted by Gasteiger charge is -2.31. The molecular weight excluding hydrogens is 541 g/mol. The predicted octanol–water partition coefficient (Wildman–Crippen LogP) is 6.43. The van der Waals surface area contributed by atoms with Gasteiger partial charge in [-0.25, -0.2) is 0 Å². The van der Waals surface area contributed by atoms with Crippen molar-refractivity contribution in [3.8, 4) is 28.6 Å². The molecule has 1 fully saturated rings. The number of alkyl halides is 3. The highest BCUT2D eigenvalue weighted by molar-refractivity contribution is 6.10. The summed E-state index contributed by atoms with van der Waals surface area (Å²) in [6.07, 6.45) is -0.892. The van der Waals surface area contributed by atoms with Crippen LogP contribution < -0.4 is 4.90 Å². The van der Waals surface area contributed by atoms with E-state index in [1.165, 1.54) is 11.0 Å². The second-order valence-corrected chi connectivity index (χ2v) is 11.2. The number of nitrogens with zero attached hydrogens (tertiary/aromatic N) is 6. The molecule has 0 aliphatic carbocycles. The summed E-state index contributed by atoms with van der Waals surface area (Å²) < 4.78 is 44.6. The van der Waals surface area contributed by atoms with Crippen LogP contribution in [-0.2, 0) is 26.3 Å². The molecule has 7 nitrogen and oxygen atoms in total. The van der Waals surface area contributed by atoms with Crippen LogP contribution >= 0.6 is 0 Å². The number of piperidine rings is 1. The topological polar surface area (TPSA) is 78.0 Å². The average molecular weight is 571 g/mol. The SMILES string of the molecule is C[C@H]1CCCN(Cc2cc3c(c(C(F)(F)F)c2)CN(c2cccc(-c4ccc(C#N)cc4-c4nncn4C)c2)C3=O)C1. The molecule has 1 amide bonds. The zero-order valence-electron chi connectivity index (χ0n) is 23.3. The molecule has 0 saturated carbocycles. The van der Waals surface area contributed by atoms with Crippen LogP contribution in [0.1, 0.15) is 52.4 Å². The van der Waals surface area contributed by atoms with Crippen molar-refractivity contribution in [2.24, 2.45) is 13.0 Å². The molecule has 214 valence electrons. The molecule has 1 aromatic heterocycles. The number of hydrogen-bond acceptors (Lipinski definition) is 5. The minimum absolute atomic E-state index is 0.00631. The third-order valence-electron chi connectivity index (χ3n) is 8.12. The lowest BCUT2D eigenvalue weighted by atomic mass is 9.96. The smallest absolute Gasteiger partial charge is 0.317 e. The molecule has 0 bridgehead atoms. The molecule has 10 heteroatoms. The highest BCUT2D eigenvalue weighted by Gasteiger charge is 2.40. The molecule has 0 radical (unpaired) electrons. The van der Waals surface area contributed by atoms with Gasteiger partial charge >= 0.3 is 6.18 Å². The Bertz CT molecular complexity index is 1720. The van der Waals surface area contributed by atoms with Crippen molar-refractivity contribution in [1.82, 2.24) is 19.7 Å². The van der Waals surface area contributed by atoms with Crippen LogP contribution in [0.15, 0.2) is 60.9 Å². The fourth-order valence-corrected chi connectivity index (χ4v) is 6.13. The standard InChI is InChI=1S/C32H29F3N6O/c1-20-5-4-10-40(16-20)17-22-12-27-28(29(13-22)32(33,34)35)18-41(31(27)42)24-7-3-6-23(14-24)25-9-8-21(15-36)11-26(25)30-38-37-19-39(30)2/h3,6-9,11-14,19-20H,4-5,10,16-18H2,1-2H3/t20-/m0/s1. The average Bonchev–Trinajstić information content (AvgIpc) is 3.54. The van der Waals surface area contributed by atoms with Crippen LogP contribution in [0.25, 0.3) is 22.5 Å². The maximum absolute atomic E-state index is 14.3. The number of carbonyl (C=O) groups excluding carboxylic acids is 1. The van der Waals surface area contributed by atoms with Crippen molar-refractivity contribution in [2.75, 3.05) is 18.0 Å². The van der Waals surface area contributed by atoms with E-state index in [1.807, 2.05) is 6.07 Å². The molecule has 2 aliphatic heterocycles. The highest BCUT2D eigenvalue weighted by Crippen LogP contribution is 2.41. The summed E-state index contributed by atoms with van der Waals surface area (Å²) in [5.74, 6) is 0.599. The fraction of sp³-hybridized carbons (Fsp3) is 0.312. The van der Waals surface area contributed by atoms with Gasteiger partial charge in [-0.05, 0) is 84.0 Å². The molecule has 3 heterocycles. The molecule has 42 heavy (non-hydrogen) atoms. The number of rotatable bonds is 5. The van der Waals surface area contributed by atoms with Crippen molar-refractivity contribution in [3.05, 3.63) is 88.7 Å². The third-order valence-corrected chi connectivity index (χ3v) is 8.12. The van der Waals surface area contributed by atoms with Gasteiger partial charge in [0.25, 0.3) is 5.91 Å². The van der Waals surface area contributed by atoms with Gasteiger partial charge in [0, 0.05) is 37.0 Å². The Morgan fingerprint density at radius 3 is 2.62 bits per heavy atom. The Morgan fingerprint density at radius 2 is 1.90 bits per heavy atom. The lowest BCUT2D eigenvalue weighted by molar-refractivity contribution is -0.138. The Hall–Kier alpha value is -4.49. The summed E-state index contributed by atoms with van der Waals surface area (Å²) in [5.41, 5.74) is 2.97. The van der Waals surface area contributed by atoms with Gasteiger partial charge in [-0.15, -0.1) is 10.2 Å². The summed E-state index contributed by atoms with van der Waals surface area (Å²) in [6.45, 7) is 4.03. The Morgan fingerprint density at radius 1 is 1.07 bits per heavy atom. The summed E-state index contributed by atoms with van der Waals surface area (Å²) in [4.78, 5) is 17.3. The number of likely N-dealkylation sites (tertiary alicyclic amines) is 1. The molecular formula is C32H29F3N6O. The minimum Gasteiger partial charge on any atom is -0.317 e. The second kappa shape index (κ2) is 10.7. The molecule has 4 aromatic rings. The number of benzene rings is 3. The number of anilines is 1. The van der Waals surface area contributed by atoms with Crippen LogP contribution in [0.4, 0.5) is 18.9 Å². The van der Waals surface area contributed by atoms with Gasteiger partial charge in [0.1, 0.15) is 6.33 Å². The van der Waals surface area contributed by atoms with Crippen molar-refractivity contribution in [1.29, 1.82) is 5.26 Å². The van der Waals surface area contributed by atoms with E-state index < -0.39 is 17.6 Å². The first-order chi connectivity index (χ1) is 20.1. The van der Waals surface area contributed by atoms with Gasteiger partial charge in [-0.2, -0.15) is 18.4 Å². The highest BCUT2D eigenvalue weighted by atomic mass is 19.4. The van der Waals surface area contributed by atoms with Gasteiger partial charge in [0.05, 0.1) is 23.7 Å². The van der Waals surface area contributed by atoms with Gasteiger partial charge in [-0.3, -0.25) is 9.69 Å². The first kappa shape index (κ1) is 27.7. The first-order valence-corrected chi connectivity index (χ1v) is 13.9. The van der Waals surface area contributed by atoms with Gasteiger partial charge in [0.15, 0.2) is 5.82 Å². The van der Waals surface area contributed by atoms with E-state index in [4.69, 9.17) is 0 Å². The van der Waals surface area contributed by atoms with Crippen LogP contribution in [0.5, 0.6) is 0 Å². The Kier molecular flexibility index (Phi) is 7.07. The van der Waals surface area contributed by atoms with Gasteiger partial charge < -0.3 is 9.47 Å². The van der Waals surface area contributed by atoms with Gasteiger partial charge in [0.2, 0.25) is 0 Å². The molecule has 6 rings (SSSR count). The molecule has 1 saturated heterocycles. The fourth-order valence-electron chi connectivity index (χ4n) is 6.13. The van der Waals surface area contributed by atoms with Crippen LogP contribution in [0.2, 0.25) is 0 Å². The third kappa shape index (κ3) is 5.16. The minimum atomic E-state index is -4.58. The lowest BCUT2D eigenvalue weighted by Crippen LogP contribution is -2.33. The van der Waals surface area contributed by atoms with Crippen molar-refractivity contribution in [3.63, 3.8) is 0 Å². The molecule has 1 atom stereocenters. The van der Waals surface area contributed by atoms with E-state index in [0.717, 1.165) is 37.1 Å². The monoisotopic (exact) mass is 570 g/mol. The molecule has 0 spiro atoms. The number of hydrogen-bond donors (Lipinski definition) is 0. The number of halogens is 3. The normalized spacial score (nSPS) is 17.4. The summed E-state index contributed by atoms with van der Waals surface area (Å²) >= 11 is 0. The van der Waals surface area contributed by atoms with E-state index in [1.54, 1.807) is 60.4 Å². The van der Waals surface area contributed by atoms with Crippen LogP contribution in [0, 0.1) is 17.2 Å². The van der Waals surface area contributed by atoms with E-state index in [9.17, 15) is 23.2 Å². The molecule has 3 aromatic carbocycles. The molecule has 2 aliphatic rings. The maximum Gasteiger partial charge on any atom is 0.416 e. The maximum atomic E-state index is 14.3. The number of aryl methyl sites for hydroxylation is 1. The van der Waals surface area contributed by atoms with Crippen molar-refractivity contribution >= 4 is 11.6 Å². The summed E-state index contributed by atoms with van der Waals surface area (Å²) in [7, 11) is 1.80. The quantitative estimate of drug-likeness (QED) is 0.276. The number of carbonyl (C=O) groups is 1. The second-order valence-electron chi connectivity index (χ2n) is 11.2. The number of amides is 1. The summed E-state index contributed by atoms with van der Waals surface area (Å²) in [6, 6.07) is 17.4. The summed E-state index contributed by atoms with van der Waals surface area (Å²) in [5, 5.41) is 17.6. The molecule has 0 unspecified atom stereocenters. The first-order valence-electron chi connectivity index (χ1n) is 13.9. The van der Waals surface area contributed by atoms with E-state index >= 15 is 0 Å². The van der Waals surface area contributed by atoms with E-state index in [0.29, 0.717) is 40.7 Å². The molecule has 0 N–H and O–H groups in total. The van der Waals surface area contributed by atoms with E-state index in [2.05, 4.69) is 28.1 Å². The number of aromatic nitrogens is 3. The van der Waals surface area contributed by atoms with Crippen LogP contribution in [-0.4, -0.2) is 38.7 Å².